The molecule has 1 heterocycles. The van der Waals surface area contributed by atoms with E-state index >= 15 is 0 Å². The molecule has 0 saturated heterocycles. The molecule has 0 aliphatic carbocycles. The monoisotopic (exact) mass is 436 g/mol. The minimum Gasteiger partial charge on any atom is -0.493 e. The van der Waals surface area contributed by atoms with E-state index in [0.717, 1.165) is 0 Å². The molecule has 0 fully saturated rings. The highest BCUT2D eigenvalue weighted by Crippen LogP contribution is 2.40. The Hall–Kier alpha value is -4.00. The van der Waals surface area contributed by atoms with Gasteiger partial charge in [-0.3, -0.25) is 4.79 Å². The molecule has 7 heteroatoms. The molecule has 4 rings (SSSR count). The first kappa shape index (κ1) is 21.2. The Morgan fingerprint density at radius 2 is 1.66 bits per heavy atom. The standard InChI is InChI=1S/C25H21FO6/c1-28-22-11-15(12-23(29-2)25(22)30-3)10-21-24(27)18-9-8-17(13-20(18)32-21)31-14-16-6-4-5-7-19(16)26/h4-13H,14H2,1-3H3/b21-10-. The molecule has 1 aliphatic rings. The van der Waals surface area contributed by atoms with Crippen LogP contribution in [-0.2, 0) is 6.61 Å². The van der Waals surface area contributed by atoms with E-state index in [1.165, 1.54) is 27.4 Å². The van der Waals surface area contributed by atoms with Gasteiger partial charge in [0, 0.05) is 11.6 Å². The predicted molar refractivity (Wildman–Crippen MR) is 116 cm³/mol. The molecule has 3 aromatic rings. The molecule has 1 aliphatic heterocycles. The van der Waals surface area contributed by atoms with Crippen LogP contribution in [0.4, 0.5) is 4.39 Å². The lowest BCUT2D eigenvalue weighted by Gasteiger charge is -2.13. The summed E-state index contributed by atoms with van der Waals surface area (Å²) in [6.45, 7) is 0.0630. The van der Waals surface area contributed by atoms with E-state index in [9.17, 15) is 9.18 Å². The molecule has 0 unspecified atom stereocenters. The normalized spacial score (nSPS) is 13.5. The Labute approximate surface area is 184 Å². The molecule has 0 radical (unpaired) electrons. The van der Waals surface area contributed by atoms with Gasteiger partial charge in [0.2, 0.25) is 11.5 Å². The topological polar surface area (TPSA) is 63.2 Å². The zero-order chi connectivity index (χ0) is 22.7. The Kier molecular flexibility index (Phi) is 5.98. The van der Waals surface area contributed by atoms with E-state index in [-0.39, 0.29) is 24.0 Å². The lowest BCUT2D eigenvalue weighted by molar-refractivity contribution is 0.101. The molecule has 32 heavy (non-hydrogen) atoms. The average molecular weight is 436 g/mol. The van der Waals surface area contributed by atoms with Crippen molar-refractivity contribution in [1.82, 2.24) is 0 Å². The van der Waals surface area contributed by atoms with E-state index in [1.54, 1.807) is 54.6 Å². The summed E-state index contributed by atoms with van der Waals surface area (Å²) in [4.78, 5) is 12.8. The average Bonchev–Trinajstić information content (AvgIpc) is 3.12. The SMILES string of the molecule is COc1cc(/C=C2\Oc3cc(OCc4ccccc4F)ccc3C2=O)cc(OC)c1OC. The maximum Gasteiger partial charge on any atom is 0.231 e. The minimum atomic E-state index is -0.337. The van der Waals surface area contributed by atoms with Gasteiger partial charge in [-0.05, 0) is 42.0 Å². The summed E-state index contributed by atoms with van der Waals surface area (Å²) in [5.41, 5.74) is 1.50. The first-order chi connectivity index (χ1) is 15.5. The molecule has 0 spiro atoms. The molecule has 0 N–H and O–H groups in total. The number of hydrogen-bond acceptors (Lipinski definition) is 6. The Morgan fingerprint density at radius 1 is 0.938 bits per heavy atom. The van der Waals surface area contributed by atoms with Crippen molar-refractivity contribution in [3.05, 3.63) is 82.9 Å². The summed E-state index contributed by atoms with van der Waals surface area (Å²) in [6.07, 6.45) is 1.60. The first-order valence-corrected chi connectivity index (χ1v) is 9.78. The van der Waals surface area contributed by atoms with Crippen molar-refractivity contribution in [2.24, 2.45) is 0 Å². The summed E-state index contributed by atoms with van der Waals surface area (Å²) in [6, 6.07) is 14.7. The molecular formula is C25H21FO6. The van der Waals surface area contributed by atoms with Crippen LogP contribution in [-0.4, -0.2) is 27.1 Å². The largest absolute Gasteiger partial charge is 0.493 e. The van der Waals surface area contributed by atoms with Crippen LogP contribution in [0, 0.1) is 5.82 Å². The zero-order valence-corrected chi connectivity index (χ0v) is 17.8. The van der Waals surface area contributed by atoms with Gasteiger partial charge in [-0.15, -0.1) is 0 Å². The van der Waals surface area contributed by atoms with Crippen LogP contribution in [0.2, 0.25) is 0 Å². The Balaban J connectivity index is 1.57. The van der Waals surface area contributed by atoms with Crippen LogP contribution in [0.15, 0.2) is 60.4 Å². The van der Waals surface area contributed by atoms with Crippen LogP contribution in [0.1, 0.15) is 21.5 Å². The van der Waals surface area contributed by atoms with Gasteiger partial charge in [-0.25, -0.2) is 4.39 Å². The smallest absolute Gasteiger partial charge is 0.231 e. The number of ketones is 1. The molecule has 6 nitrogen and oxygen atoms in total. The van der Waals surface area contributed by atoms with Gasteiger partial charge < -0.3 is 23.7 Å². The number of ether oxygens (including phenoxy) is 5. The number of hydrogen-bond donors (Lipinski definition) is 0. The number of allylic oxidation sites excluding steroid dienone is 1. The van der Waals surface area contributed by atoms with Crippen molar-refractivity contribution < 1.29 is 32.9 Å². The first-order valence-electron chi connectivity index (χ1n) is 9.78. The van der Waals surface area contributed by atoms with E-state index in [0.29, 0.717) is 45.4 Å². The highest BCUT2D eigenvalue weighted by atomic mass is 19.1. The number of fused-ring (bicyclic) bond motifs is 1. The second-order valence-electron chi connectivity index (χ2n) is 6.94. The maximum absolute atomic E-state index is 13.8. The predicted octanol–water partition coefficient (Wildman–Crippen LogP) is 5.05. The third kappa shape index (κ3) is 4.09. The lowest BCUT2D eigenvalue weighted by atomic mass is 10.1. The third-order valence-corrected chi connectivity index (χ3v) is 4.98. The van der Waals surface area contributed by atoms with Crippen molar-refractivity contribution in [2.75, 3.05) is 21.3 Å². The fourth-order valence-electron chi connectivity index (χ4n) is 3.37. The maximum atomic E-state index is 13.8. The van der Waals surface area contributed by atoms with Crippen LogP contribution < -0.4 is 23.7 Å². The van der Waals surface area contributed by atoms with Crippen molar-refractivity contribution >= 4 is 11.9 Å². The van der Waals surface area contributed by atoms with E-state index in [4.69, 9.17) is 23.7 Å². The summed E-state index contributed by atoms with van der Waals surface area (Å²) in [7, 11) is 4.55. The summed E-state index contributed by atoms with van der Waals surface area (Å²) >= 11 is 0. The molecule has 0 amide bonds. The van der Waals surface area contributed by atoms with E-state index < -0.39 is 0 Å². The molecule has 0 atom stereocenters. The third-order valence-electron chi connectivity index (χ3n) is 4.98. The zero-order valence-electron chi connectivity index (χ0n) is 17.8. The van der Waals surface area contributed by atoms with Crippen molar-refractivity contribution in [3.63, 3.8) is 0 Å². The van der Waals surface area contributed by atoms with Gasteiger partial charge in [0.15, 0.2) is 17.3 Å². The Morgan fingerprint density at radius 3 is 2.31 bits per heavy atom. The highest BCUT2D eigenvalue weighted by Gasteiger charge is 2.28. The number of halogens is 1. The van der Waals surface area contributed by atoms with Gasteiger partial charge in [0.05, 0.1) is 26.9 Å². The van der Waals surface area contributed by atoms with Crippen LogP contribution in [0.3, 0.4) is 0 Å². The van der Waals surface area contributed by atoms with Crippen molar-refractivity contribution in [1.29, 1.82) is 0 Å². The second-order valence-corrected chi connectivity index (χ2v) is 6.94. The molecule has 164 valence electrons. The lowest BCUT2D eigenvalue weighted by Crippen LogP contribution is -1.99. The number of rotatable bonds is 7. The highest BCUT2D eigenvalue weighted by molar-refractivity contribution is 6.14. The summed E-state index contributed by atoms with van der Waals surface area (Å²) < 4.78 is 41.3. The van der Waals surface area contributed by atoms with Crippen molar-refractivity contribution in [3.8, 4) is 28.7 Å². The number of carbonyl (C=O) groups is 1. The van der Waals surface area contributed by atoms with E-state index in [2.05, 4.69) is 0 Å². The van der Waals surface area contributed by atoms with Crippen LogP contribution >= 0.6 is 0 Å². The van der Waals surface area contributed by atoms with Gasteiger partial charge in [0.25, 0.3) is 0 Å². The fourth-order valence-corrected chi connectivity index (χ4v) is 3.37. The molecule has 0 saturated carbocycles. The van der Waals surface area contributed by atoms with Gasteiger partial charge >= 0.3 is 0 Å². The number of benzene rings is 3. The minimum absolute atomic E-state index is 0.0630. The number of carbonyl (C=O) groups excluding carboxylic acids is 1. The van der Waals surface area contributed by atoms with Gasteiger partial charge in [0.1, 0.15) is 23.9 Å². The number of Topliss-reactive ketones (excluding diaryl/α,β-unsaturated/α-hetero) is 1. The quantitative estimate of drug-likeness (QED) is 0.483. The molecule has 0 aromatic heterocycles. The summed E-state index contributed by atoms with van der Waals surface area (Å²) in [5.74, 6) is 1.78. The number of methoxy groups -OCH3 is 3. The van der Waals surface area contributed by atoms with Crippen LogP contribution in [0.25, 0.3) is 6.08 Å². The second kappa shape index (κ2) is 9.01. The Bertz CT molecular complexity index is 1180. The molecular weight excluding hydrogens is 415 g/mol. The molecule has 0 bridgehead atoms. The molecule has 3 aromatic carbocycles. The summed E-state index contributed by atoms with van der Waals surface area (Å²) in [5, 5.41) is 0. The van der Waals surface area contributed by atoms with Gasteiger partial charge in [-0.1, -0.05) is 18.2 Å². The van der Waals surface area contributed by atoms with Crippen LogP contribution in [0.5, 0.6) is 28.7 Å². The fraction of sp³-hybridized carbons (Fsp3) is 0.160. The van der Waals surface area contributed by atoms with E-state index in [1.807, 2.05) is 0 Å². The van der Waals surface area contributed by atoms with Crippen molar-refractivity contribution in [2.45, 2.75) is 6.61 Å². The van der Waals surface area contributed by atoms with Gasteiger partial charge in [-0.2, -0.15) is 0 Å².